The highest BCUT2D eigenvalue weighted by atomic mass is 79.9. The summed E-state index contributed by atoms with van der Waals surface area (Å²) in [6.07, 6.45) is -3.54. The second kappa shape index (κ2) is 6.83. The van der Waals surface area contributed by atoms with E-state index < -0.39 is 21.7 Å². The first-order valence-corrected chi connectivity index (χ1v) is 10.7. The van der Waals surface area contributed by atoms with E-state index in [1.54, 1.807) is 20.9 Å². The number of fused-ring (bicyclic) bond motifs is 1. The van der Waals surface area contributed by atoms with Crippen LogP contribution in [-0.2, 0) is 23.1 Å². The minimum atomic E-state index is -4.61. The number of pyridine rings is 1. The molecular weight excluding hydrogens is 463 g/mol. The molecule has 28 heavy (non-hydrogen) atoms. The number of hydrogen-bond acceptors (Lipinski definition) is 5. The van der Waals surface area contributed by atoms with Crippen molar-refractivity contribution >= 4 is 36.8 Å². The third-order valence-corrected chi connectivity index (χ3v) is 6.58. The van der Waals surface area contributed by atoms with Gasteiger partial charge in [-0.15, -0.1) is 0 Å². The molecule has 0 aliphatic rings. The van der Waals surface area contributed by atoms with E-state index in [1.165, 1.54) is 16.1 Å². The number of sulfone groups is 1. The lowest BCUT2D eigenvalue weighted by Crippen LogP contribution is -2.15. The standard InChI is InChI=1S/C16H17BrF3N5O2S/c1-5-28(26,27)14-12(23-15(17)25(14)8(2)3)13-22-9-6-11(16(18,19)20)21-7-10(9)24(13)4/h6-8H,5H2,1-4H3. The molecule has 0 fully saturated rings. The Balaban J connectivity index is 2.34. The molecule has 3 aromatic heterocycles. The maximum Gasteiger partial charge on any atom is 0.433 e. The van der Waals surface area contributed by atoms with Gasteiger partial charge in [-0.2, -0.15) is 13.2 Å². The Kier molecular flexibility index (Phi) is 5.07. The lowest BCUT2D eigenvalue weighted by Gasteiger charge is -2.13. The smallest absolute Gasteiger partial charge is 0.324 e. The van der Waals surface area contributed by atoms with Gasteiger partial charge in [0.1, 0.15) is 11.4 Å². The maximum atomic E-state index is 13.0. The molecule has 0 bridgehead atoms. The van der Waals surface area contributed by atoms with Crippen LogP contribution in [0.4, 0.5) is 13.2 Å². The van der Waals surface area contributed by atoms with E-state index in [0.717, 1.165) is 12.3 Å². The summed E-state index contributed by atoms with van der Waals surface area (Å²) in [5.74, 6) is -0.0163. The van der Waals surface area contributed by atoms with Gasteiger partial charge >= 0.3 is 6.18 Å². The Bertz CT molecular complexity index is 1170. The van der Waals surface area contributed by atoms with Crippen molar-refractivity contribution in [3.8, 4) is 11.5 Å². The van der Waals surface area contributed by atoms with Gasteiger partial charge in [0.15, 0.2) is 25.4 Å². The van der Waals surface area contributed by atoms with E-state index in [4.69, 9.17) is 0 Å². The van der Waals surface area contributed by atoms with Gasteiger partial charge in [0.25, 0.3) is 0 Å². The third-order valence-electron chi connectivity index (χ3n) is 4.28. The van der Waals surface area contributed by atoms with Crippen molar-refractivity contribution in [3.05, 3.63) is 22.7 Å². The van der Waals surface area contributed by atoms with Gasteiger partial charge in [0.05, 0.1) is 23.0 Å². The van der Waals surface area contributed by atoms with Crippen molar-refractivity contribution in [2.24, 2.45) is 7.05 Å². The highest BCUT2D eigenvalue weighted by Gasteiger charge is 2.34. The van der Waals surface area contributed by atoms with Crippen LogP contribution in [0.1, 0.15) is 32.5 Å². The summed E-state index contributed by atoms with van der Waals surface area (Å²) in [4.78, 5) is 12.0. The topological polar surface area (TPSA) is 82.7 Å². The number of halogens is 4. The number of aromatic nitrogens is 5. The molecule has 0 spiro atoms. The van der Waals surface area contributed by atoms with Gasteiger partial charge in [-0.25, -0.2) is 23.4 Å². The molecule has 0 saturated carbocycles. The summed E-state index contributed by atoms with van der Waals surface area (Å²) >= 11 is 3.28. The molecule has 0 unspecified atom stereocenters. The van der Waals surface area contributed by atoms with Crippen LogP contribution in [-0.4, -0.2) is 38.3 Å². The number of aryl methyl sites for hydroxylation is 1. The van der Waals surface area contributed by atoms with E-state index >= 15 is 0 Å². The molecule has 0 aromatic carbocycles. The molecule has 0 atom stereocenters. The largest absolute Gasteiger partial charge is 0.433 e. The lowest BCUT2D eigenvalue weighted by atomic mass is 10.3. The predicted octanol–water partition coefficient (Wildman–Crippen LogP) is 3.99. The number of nitrogens with zero attached hydrogens (tertiary/aromatic N) is 5. The molecule has 0 aliphatic carbocycles. The SMILES string of the molecule is CCS(=O)(=O)c1c(-c2nc3cc(C(F)(F)F)ncc3n2C)nc(Br)n1C(C)C. The first-order chi connectivity index (χ1) is 12.9. The Hall–Kier alpha value is -1.95. The van der Waals surface area contributed by atoms with Gasteiger partial charge < -0.3 is 9.13 Å². The first kappa shape index (κ1) is 20.8. The van der Waals surface area contributed by atoms with Crippen LogP contribution >= 0.6 is 15.9 Å². The molecular formula is C16H17BrF3N5O2S. The first-order valence-electron chi connectivity index (χ1n) is 8.29. The van der Waals surface area contributed by atoms with Crippen LogP contribution in [0.2, 0.25) is 0 Å². The Morgan fingerprint density at radius 2 is 1.89 bits per heavy atom. The average Bonchev–Trinajstić information content (AvgIpc) is 3.11. The van der Waals surface area contributed by atoms with Gasteiger partial charge in [-0.1, -0.05) is 6.92 Å². The second-order valence-electron chi connectivity index (χ2n) is 6.45. The van der Waals surface area contributed by atoms with Crippen molar-refractivity contribution < 1.29 is 21.6 Å². The zero-order valence-electron chi connectivity index (χ0n) is 15.4. The second-order valence-corrected chi connectivity index (χ2v) is 9.36. The molecule has 0 saturated heterocycles. The maximum absolute atomic E-state index is 13.0. The van der Waals surface area contributed by atoms with E-state index in [1.807, 2.05) is 0 Å². The van der Waals surface area contributed by atoms with Crippen LogP contribution in [0, 0.1) is 0 Å². The quantitative estimate of drug-likeness (QED) is 0.564. The van der Waals surface area contributed by atoms with E-state index in [2.05, 4.69) is 30.9 Å². The molecule has 7 nitrogen and oxygen atoms in total. The van der Waals surface area contributed by atoms with E-state index in [0.29, 0.717) is 10.3 Å². The fourth-order valence-corrected chi connectivity index (χ4v) is 5.06. The minimum Gasteiger partial charge on any atom is -0.324 e. The Morgan fingerprint density at radius 1 is 1.25 bits per heavy atom. The number of imidazole rings is 2. The number of rotatable bonds is 4. The molecule has 0 radical (unpaired) electrons. The number of alkyl halides is 3. The molecule has 12 heteroatoms. The number of hydrogen-bond donors (Lipinski definition) is 0. The normalized spacial score (nSPS) is 13.0. The average molecular weight is 480 g/mol. The van der Waals surface area contributed by atoms with E-state index in [9.17, 15) is 21.6 Å². The summed E-state index contributed by atoms with van der Waals surface area (Å²) in [6.45, 7) is 5.12. The van der Waals surface area contributed by atoms with Crippen molar-refractivity contribution in [2.75, 3.05) is 5.75 Å². The molecule has 0 aliphatic heterocycles. The van der Waals surface area contributed by atoms with Crippen LogP contribution in [0.5, 0.6) is 0 Å². The zero-order chi connectivity index (χ0) is 21.0. The summed E-state index contributed by atoms with van der Waals surface area (Å²) in [5, 5.41) is -0.0284. The minimum absolute atomic E-state index is 0.0284. The molecule has 152 valence electrons. The van der Waals surface area contributed by atoms with Crippen LogP contribution < -0.4 is 0 Å². The Labute approximate surface area is 167 Å². The van der Waals surface area contributed by atoms with Crippen molar-refractivity contribution in [2.45, 2.75) is 38.0 Å². The van der Waals surface area contributed by atoms with Crippen LogP contribution in [0.3, 0.4) is 0 Å². The van der Waals surface area contributed by atoms with Gasteiger partial charge in [0, 0.05) is 13.1 Å². The van der Waals surface area contributed by atoms with Gasteiger partial charge in [0.2, 0.25) is 0 Å². The van der Waals surface area contributed by atoms with Crippen molar-refractivity contribution in [3.63, 3.8) is 0 Å². The van der Waals surface area contributed by atoms with Crippen molar-refractivity contribution in [1.82, 2.24) is 24.1 Å². The highest BCUT2D eigenvalue weighted by Crippen LogP contribution is 2.35. The van der Waals surface area contributed by atoms with Crippen molar-refractivity contribution in [1.29, 1.82) is 0 Å². The predicted molar refractivity (Wildman–Crippen MR) is 101 cm³/mol. The van der Waals surface area contributed by atoms with E-state index in [-0.39, 0.29) is 33.9 Å². The molecule has 3 rings (SSSR count). The fourth-order valence-electron chi connectivity index (χ4n) is 2.87. The molecule has 0 amide bonds. The summed E-state index contributed by atoms with van der Waals surface area (Å²) in [6, 6.07) is 0.613. The fraction of sp³-hybridized carbons (Fsp3) is 0.438. The van der Waals surface area contributed by atoms with Crippen LogP contribution in [0.25, 0.3) is 22.6 Å². The lowest BCUT2D eigenvalue weighted by molar-refractivity contribution is -0.141. The van der Waals surface area contributed by atoms with Crippen LogP contribution in [0.15, 0.2) is 22.0 Å². The molecule has 0 N–H and O–H groups in total. The van der Waals surface area contributed by atoms with Gasteiger partial charge in [-0.05, 0) is 35.8 Å². The highest BCUT2D eigenvalue weighted by molar-refractivity contribution is 9.10. The summed E-state index contributed by atoms with van der Waals surface area (Å²) in [5.41, 5.74) is -0.609. The molecule has 3 heterocycles. The third kappa shape index (κ3) is 3.32. The summed E-state index contributed by atoms with van der Waals surface area (Å²) < 4.78 is 67.7. The Morgan fingerprint density at radius 3 is 2.43 bits per heavy atom. The molecule has 3 aromatic rings. The monoisotopic (exact) mass is 479 g/mol. The summed E-state index contributed by atoms with van der Waals surface area (Å²) in [7, 11) is -2.12. The zero-order valence-corrected chi connectivity index (χ0v) is 17.8. The van der Waals surface area contributed by atoms with Gasteiger partial charge in [-0.3, -0.25) is 0 Å².